The van der Waals surface area contributed by atoms with Crippen molar-refractivity contribution in [2.45, 2.75) is 40.5 Å². The van der Waals surface area contributed by atoms with Crippen molar-refractivity contribution in [1.82, 2.24) is 0 Å². The summed E-state index contributed by atoms with van der Waals surface area (Å²) in [6.07, 6.45) is 0. The van der Waals surface area contributed by atoms with Crippen molar-refractivity contribution in [3.05, 3.63) is 34.4 Å². The molecule has 1 unspecified atom stereocenters. The molecule has 0 bridgehead atoms. The van der Waals surface area contributed by atoms with E-state index in [0.717, 1.165) is 0 Å². The van der Waals surface area contributed by atoms with E-state index in [4.69, 9.17) is 11.6 Å². The lowest BCUT2D eigenvalue weighted by atomic mass is 9.84. The Morgan fingerprint density at radius 2 is 1.53 bits per heavy atom. The summed E-state index contributed by atoms with van der Waals surface area (Å²) in [5.41, 5.74) is 5.55. The average Bonchev–Trinajstić information content (AvgIpc) is 2.09. The third-order valence-electron chi connectivity index (χ3n) is 3.08. The highest BCUT2D eigenvalue weighted by molar-refractivity contribution is 6.18. The molecule has 0 aliphatic rings. The van der Waals surface area contributed by atoms with Crippen molar-refractivity contribution in [2.24, 2.45) is 5.92 Å². The molecule has 0 aromatic heterocycles. The Balaban J connectivity index is 3.23. The van der Waals surface area contributed by atoms with Gasteiger partial charge in [-0.25, -0.2) is 0 Å². The largest absolute Gasteiger partial charge is 0.126 e. The molecule has 84 valence electrons. The molecule has 0 aliphatic heterocycles. The highest BCUT2D eigenvalue weighted by atomic mass is 35.5. The van der Waals surface area contributed by atoms with Gasteiger partial charge in [-0.2, -0.15) is 0 Å². The molecule has 0 fully saturated rings. The zero-order chi connectivity index (χ0) is 11.6. The van der Waals surface area contributed by atoms with Crippen LogP contribution in [-0.4, -0.2) is 5.88 Å². The quantitative estimate of drug-likeness (QED) is 0.659. The molecule has 0 heterocycles. The molecule has 1 heteroatoms. The summed E-state index contributed by atoms with van der Waals surface area (Å²) in [5.74, 6) is 1.79. The molecule has 0 radical (unpaired) electrons. The number of alkyl halides is 1. The van der Waals surface area contributed by atoms with Gasteiger partial charge in [-0.1, -0.05) is 31.5 Å². The average molecular weight is 225 g/mol. The maximum absolute atomic E-state index is 6.08. The van der Waals surface area contributed by atoms with Gasteiger partial charge in [-0.3, -0.25) is 0 Å². The third kappa shape index (κ3) is 2.75. The number of aryl methyl sites for hydroxylation is 3. The first kappa shape index (κ1) is 12.6. The fourth-order valence-corrected chi connectivity index (χ4v) is 2.88. The molecule has 0 spiro atoms. The molecule has 0 saturated heterocycles. The minimum absolute atomic E-state index is 0.479. The minimum Gasteiger partial charge on any atom is -0.126 e. The summed E-state index contributed by atoms with van der Waals surface area (Å²) in [5, 5.41) is 0. The Hall–Kier alpha value is -0.490. The van der Waals surface area contributed by atoms with Crippen LogP contribution in [0.25, 0.3) is 0 Å². The van der Waals surface area contributed by atoms with Crippen LogP contribution < -0.4 is 0 Å². The number of halogens is 1. The highest BCUT2D eigenvalue weighted by Crippen LogP contribution is 2.31. The summed E-state index contributed by atoms with van der Waals surface area (Å²) in [6.45, 7) is 11.0. The zero-order valence-corrected chi connectivity index (χ0v) is 11.2. The smallest absolute Gasteiger partial charge is 0.0294 e. The lowest BCUT2D eigenvalue weighted by Gasteiger charge is -2.23. The van der Waals surface area contributed by atoms with Crippen molar-refractivity contribution >= 4 is 11.6 Å². The van der Waals surface area contributed by atoms with Crippen LogP contribution in [0.2, 0.25) is 0 Å². The van der Waals surface area contributed by atoms with Gasteiger partial charge in [0, 0.05) is 11.8 Å². The highest BCUT2D eigenvalue weighted by Gasteiger charge is 2.18. The van der Waals surface area contributed by atoms with Gasteiger partial charge in [0.15, 0.2) is 0 Å². The van der Waals surface area contributed by atoms with Crippen LogP contribution in [-0.2, 0) is 0 Å². The summed E-state index contributed by atoms with van der Waals surface area (Å²) in [6, 6.07) is 4.51. The van der Waals surface area contributed by atoms with Gasteiger partial charge in [0.25, 0.3) is 0 Å². The first-order valence-electron chi connectivity index (χ1n) is 5.61. The molecule has 0 saturated carbocycles. The summed E-state index contributed by atoms with van der Waals surface area (Å²) < 4.78 is 0. The van der Waals surface area contributed by atoms with Crippen LogP contribution in [0.4, 0.5) is 0 Å². The van der Waals surface area contributed by atoms with E-state index < -0.39 is 0 Å². The fraction of sp³-hybridized carbons (Fsp3) is 0.571. The molecule has 1 rings (SSSR count). The number of hydrogen-bond donors (Lipinski definition) is 0. The predicted octanol–water partition coefficient (Wildman–Crippen LogP) is 4.59. The van der Waals surface area contributed by atoms with Gasteiger partial charge in [0.05, 0.1) is 0 Å². The Morgan fingerprint density at radius 3 is 1.87 bits per heavy atom. The summed E-state index contributed by atoms with van der Waals surface area (Å²) in [7, 11) is 0. The van der Waals surface area contributed by atoms with E-state index in [1.165, 1.54) is 22.3 Å². The Kier molecular flexibility index (Phi) is 4.21. The maximum Gasteiger partial charge on any atom is 0.0294 e. The van der Waals surface area contributed by atoms with Gasteiger partial charge in [-0.05, 0) is 43.4 Å². The fourth-order valence-electron chi connectivity index (χ4n) is 2.36. The third-order valence-corrected chi connectivity index (χ3v) is 3.41. The molecule has 0 N–H and O–H groups in total. The maximum atomic E-state index is 6.08. The van der Waals surface area contributed by atoms with Gasteiger partial charge in [-0.15, -0.1) is 11.6 Å². The second-order valence-corrected chi connectivity index (χ2v) is 5.13. The van der Waals surface area contributed by atoms with E-state index in [-0.39, 0.29) is 0 Å². The first-order chi connectivity index (χ1) is 6.97. The van der Waals surface area contributed by atoms with Gasteiger partial charge in [0.1, 0.15) is 0 Å². The number of hydrogen-bond acceptors (Lipinski definition) is 0. The van der Waals surface area contributed by atoms with E-state index >= 15 is 0 Å². The molecular formula is C14H21Cl. The lowest BCUT2D eigenvalue weighted by Crippen LogP contribution is -2.12. The van der Waals surface area contributed by atoms with E-state index in [9.17, 15) is 0 Å². The van der Waals surface area contributed by atoms with Crippen LogP contribution in [0.15, 0.2) is 12.1 Å². The number of benzene rings is 1. The number of rotatable bonds is 3. The lowest BCUT2D eigenvalue weighted by molar-refractivity contribution is 0.535. The Morgan fingerprint density at radius 1 is 1.07 bits per heavy atom. The summed E-state index contributed by atoms with van der Waals surface area (Å²) >= 11 is 6.08. The van der Waals surface area contributed by atoms with Crippen LogP contribution in [0.1, 0.15) is 42.0 Å². The Labute approximate surface area is 98.7 Å². The van der Waals surface area contributed by atoms with E-state index in [0.29, 0.717) is 17.7 Å². The van der Waals surface area contributed by atoms with Gasteiger partial charge < -0.3 is 0 Å². The van der Waals surface area contributed by atoms with Crippen LogP contribution >= 0.6 is 11.6 Å². The zero-order valence-electron chi connectivity index (χ0n) is 10.4. The standard InChI is InChI=1S/C14H21Cl/c1-9(2)13(8-15)14-11(4)6-10(3)7-12(14)5/h6-7,9,13H,8H2,1-5H3. The summed E-state index contributed by atoms with van der Waals surface area (Å²) in [4.78, 5) is 0. The van der Waals surface area contributed by atoms with E-state index in [2.05, 4.69) is 46.8 Å². The molecule has 0 amide bonds. The molecule has 15 heavy (non-hydrogen) atoms. The van der Waals surface area contributed by atoms with E-state index in [1.807, 2.05) is 0 Å². The van der Waals surface area contributed by atoms with Crippen molar-refractivity contribution < 1.29 is 0 Å². The van der Waals surface area contributed by atoms with Crippen molar-refractivity contribution in [3.63, 3.8) is 0 Å². The Bertz CT molecular complexity index is 316. The predicted molar refractivity (Wildman–Crippen MR) is 69.0 cm³/mol. The molecule has 1 aromatic rings. The van der Waals surface area contributed by atoms with Gasteiger partial charge in [0.2, 0.25) is 0 Å². The SMILES string of the molecule is Cc1cc(C)c(C(CCl)C(C)C)c(C)c1. The minimum atomic E-state index is 0.479. The second kappa shape index (κ2) is 5.03. The van der Waals surface area contributed by atoms with Crippen LogP contribution in [0, 0.1) is 26.7 Å². The van der Waals surface area contributed by atoms with Crippen molar-refractivity contribution in [2.75, 3.05) is 5.88 Å². The molecule has 1 atom stereocenters. The van der Waals surface area contributed by atoms with Crippen molar-refractivity contribution in [1.29, 1.82) is 0 Å². The first-order valence-corrected chi connectivity index (χ1v) is 6.14. The van der Waals surface area contributed by atoms with Gasteiger partial charge >= 0.3 is 0 Å². The van der Waals surface area contributed by atoms with Crippen molar-refractivity contribution in [3.8, 4) is 0 Å². The topological polar surface area (TPSA) is 0 Å². The van der Waals surface area contributed by atoms with E-state index in [1.54, 1.807) is 0 Å². The second-order valence-electron chi connectivity index (χ2n) is 4.82. The molecular weight excluding hydrogens is 204 g/mol. The molecule has 0 aliphatic carbocycles. The van der Waals surface area contributed by atoms with Crippen LogP contribution in [0.3, 0.4) is 0 Å². The van der Waals surface area contributed by atoms with Crippen LogP contribution in [0.5, 0.6) is 0 Å². The normalized spacial score (nSPS) is 13.3. The molecule has 1 aromatic carbocycles. The molecule has 0 nitrogen and oxygen atoms in total. The monoisotopic (exact) mass is 224 g/mol.